The molecule has 0 saturated carbocycles. The maximum Gasteiger partial charge on any atom is 0.263 e. The lowest BCUT2D eigenvalue weighted by atomic mass is 10.2. The fourth-order valence-electron chi connectivity index (χ4n) is 2.60. The summed E-state index contributed by atoms with van der Waals surface area (Å²) in [5, 5.41) is 6.96. The lowest BCUT2D eigenvalue weighted by Crippen LogP contribution is -2.36. The Morgan fingerprint density at radius 1 is 1.36 bits per heavy atom. The number of sulfonamides is 1. The Labute approximate surface area is 146 Å². The lowest BCUT2D eigenvalue weighted by molar-refractivity contribution is -0.121. The summed E-state index contributed by atoms with van der Waals surface area (Å²) in [5.74, 6) is 0.145. The van der Waals surface area contributed by atoms with Crippen LogP contribution in [0.25, 0.3) is 0 Å². The smallest absolute Gasteiger partial charge is 0.263 e. The van der Waals surface area contributed by atoms with Crippen LogP contribution in [0.2, 0.25) is 0 Å². The molecule has 9 heteroatoms. The van der Waals surface area contributed by atoms with E-state index in [1.165, 1.54) is 6.07 Å². The van der Waals surface area contributed by atoms with Crippen LogP contribution in [0, 0.1) is 0 Å². The van der Waals surface area contributed by atoms with Gasteiger partial charge in [0.15, 0.2) is 0 Å². The normalized spacial score (nSPS) is 17.7. The molecule has 0 spiro atoms. The van der Waals surface area contributed by atoms with Crippen molar-refractivity contribution in [2.45, 2.75) is 30.8 Å². The van der Waals surface area contributed by atoms with Crippen molar-refractivity contribution in [2.75, 3.05) is 6.54 Å². The Hall–Kier alpha value is -2.68. The molecule has 0 saturated heterocycles. The Morgan fingerprint density at radius 2 is 2.16 bits per heavy atom. The Bertz CT molecular complexity index is 890. The SMILES string of the molecule is CC(Cn1cccn1)NC(=O)CCN=C1NS(=O)(=O)c2ccccc21. The molecule has 1 unspecified atom stereocenters. The lowest BCUT2D eigenvalue weighted by Gasteiger charge is -2.13. The van der Waals surface area contributed by atoms with Crippen molar-refractivity contribution < 1.29 is 13.2 Å². The molecule has 1 aromatic heterocycles. The molecule has 2 aromatic rings. The second-order valence-corrected chi connectivity index (χ2v) is 7.43. The quantitative estimate of drug-likeness (QED) is 0.782. The number of aliphatic imine (C=N–C) groups is 1. The molecule has 1 aliphatic heterocycles. The number of aromatic nitrogens is 2. The number of nitrogens with zero attached hydrogens (tertiary/aromatic N) is 3. The van der Waals surface area contributed by atoms with Crippen molar-refractivity contribution in [3.05, 3.63) is 48.3 Å². The molecule has 1 aromatic carbocycles. The monoisotopic (exact) mass is 361 g/mol. The van der Waals surface area contributed by atoms with Crippen molar-refractivity contribution in [1.29, 1.82) is 0 Å². The van der Waals surface area contributed by atoms with Crippen molar-refractivity contribution in [2.24, 2.45) is 4.99 Å². The highest BCUT2D eigenvalue weighted by atomic mass is 32.2. The van der Waals surface area contributed by atoms with Gasteiger partial charge in [-0.1, -0.05) is 12.1 Å². The summed E-state index contributed by atoms with van der Waals surface area (Å²) in [5.41, 5.74) is 0.537. The first kappa shape index (κ1) is 17.2. The van der Waals surface area contributed by atoms with E-state index >= 15 is 0 Å². The van der Waals surface area contributed by atoms with E-state index < -0.39 is 10.0 Å². The van der Waals surface area contributed by atoms with E-state index in [0.717, 1.165) is 0 Å². The van der Waals surface area contributed by atoms with E-state index in [1.54, 1.807) is 29.1 Å². The predicted octanol–water partition coefficient (Wildman–Crippen LogP) is 0.517. The highest BCUT2D eigenvalue weighted by Crippen LogP contribution is 2.22. The summed E-state index contributed by atoms with van der Waals surface area (Å²) in [6, 6.07) is 8.40. The van der Waals surface area contributed by atoms with E-state index in [9.17, 15) is 13.2 Å². The van der Waals surface area contributed by atoms with Crippen LogP contribution in [-0.4, -0.2) is 42.5 Å². The molecule has 3 rings (SSSR count). The van der Waals surface area contributed by atoms with Crippen molar-refractivity contribution in [1.82, 2.24) is 19.8 Å². The van der Waals surface area contributed by atoms with Gasteiger partial charge >= 0.3 is 0 Å². The fourth-order valence-corrected chi connectivity index (χ4v) is 3.85. The van der Waals surface area contributed by atoms with Crippen LogP contribution in [0.5, 0.6) is 0 Å². The van der Waals surface area contributed by atoms with E-state index in [4.69, 9.17) is 0 Å². The number of carbonyl (C=O) groups is 1. The summed E-state index contributed by atoms with van der Waals surface area (Å²) in [6.45, 7) is 2.68. The van der Waals surface area contributed by atoms with Gasteiger partial charge in [0.2, 0.25) is 5.91 Å². The molecule has 8 nitrogen and oxygen atoms in total. The summed E-state index contributed by atoms with van der Waals surface area (Å²) >= 11 is 0. The van der Waals surface area contributed by atoms with Crippen LogP contribution in [0.4, 0.5) is 0 Å². The molecule has 132 valence electrons. The molecular formula is C16H19N5O3S. The van der Waals surface area contributed by atoms with Gasteiger partial charge in [-0.05, 0) is 25.1 Å². The van der Waals surface area contributed by atoms with Crippen molar-refractivity contribution >= 4 is 21.8 Å². The molecule has 0 radical (unpaired) electrons. The van der Waals surface area contributed by atoms with Gasteiger partial charge in [0.1, 0.15) is 5.84 Å². The number of benzene rings is 1. The molecule has 25 heavy (non-hydrogen) atoms. The third-order valence-electron chi connectivity index (χ3n) is 3.70. The number of hydrogen-bond donors (Lipinski definition) is 2. The van der Waals surface area contributed by atoms with E-state index in [-0.39, 0.29) is 35.6 Å². The molecule has 1 atom stereocenters. The van der Waals surface area contributed by atoms with Gasteiger partial charge in [0.05, 0.1) is 18.0 Å². The first-order valence-electron chi connectivity index (χ1n) is 7.89. The topological polar surface area (TPSA) is 105 Å². The summed E-state index contributed by atoms with van der Waals surface area (Å²) in [4.78, 5) is 16.4. The summed E-state index contributed by atoms with van der Waals surface area (Å²) in [6.07, 6.45) is 3.69. The zero-order chi connectivity index (χ0) is 17.9. The van der Waals surface area contributed by atoms with Gasteiger partial charge in [-0.2, -0.15) is 5.10 Å². The maximum absolute atomic E-state index is 12.0. The third-order valence-corrected chi connectivity index (χ3v) is 5.10. The number of fused-ring (bicyclic) bond motifs is 1. The molecule has 0 fully saturated rings. The standard InChI is InChI=1S/C16H19N5O3S/c1-12(11-21-10-4-8-18-21)19-15(22)7-9-17-16-13-5-2-3-6-14(13)25(23,24)20-16/h2-6,8,10,12H,7,9,11H2,1H3,(H,17,20)(H,19,22). The van der Waals surface area contributed by atoms with Crippen LogP contribution in [0.1, 0.15) is 18.9 Å². The first-order chi connectivity index (χ1) is 12.0. The van der Waals surface area contributed by atoms with Gasteiger partial charge in [-0.3, -0.25) is 19.2 Å². The van der Waals surface area contributed by atoms with Gasteiger partial charge in [-0.15, -0.1) is 0 Å². The Morgan fingerprint density at radius 3 is 2.92 bits per heavy atom. The first-order valence-corrected chi connectivity index (χ1v) is 9.37. The molecule has 0 aliphatic carbocycles. The van der Waals surface area contributed by atoms with Crippen LogP contribution < -0.4 is 10.0 Å². The Kier molecular flexibility index (Phi) is 4.84. The summed E-state index contributed by atoms with van der Waals surface area (Å²) in [7, 11) is -3.54. The third kappa shape index (κ3) is 4.05. The molecular weight excluding hydrogens is 342 g/mol. The minimum atomic E-state index is -3.54. The fraction of sp³-hybridized carbons (Fsp3) is 0.312. The summed E-state index contributed by atoms with van der Waals surface area (Å²) < 4.78 is 28.1. The second-order valence-electron chi connectivity index (χ2n) is 5.78. The van der Waals surface area contributed by atoms with Crippen LogP contribution >= 0.6 is 0 Å². The van der Waals surface area contributed by atoms with Crippen LogP contribution in [0.3, 0.4) is 0 Å². The minimum absolute atomic E-state index is 0.0641. The van der Waals surface area contributed by atoms with Gasteiger partial charge in [0.25, 0.3) is 10.0 Å². The van der Waals surface area contributed by atoms with Crippen LogP contribution in [-0.2, 0) is 21.4 Å². The van der Waals surface area contributed by atoms with Gasteiger partial charge in [0, 0.05) is 30.4 Å². The Balaban J connectivity index is 1.54. The predicted molar refractivity (Wildman–Crippen MR) is 92.6 cm³/mol. The highest BCUT2D eigenvalue weighted by molar-refractivity contribution is 7.90. The largest absolute Gasteiger partial charge is 0.352 e. The van der Waals surface area contributed by atoms with Crippen molar-refractivity contribution in [3.63, 3.8) is 0 Å². The molecule has 2 heterocycles. The highest BCUT2D eigenvalue weighted by Gasteiger charge is 2.29. The second kappa shape index (κ2) is 7.06. The van der Waals surface area contributed by atoms with E-state index in [0.29, 0.717) is 12.1 Å². The number of nitrogens with one attached hydrogen (secondary N) is 2. The number of carbonyl (C=O) groups excluding carboxylic acids is 1. The molecule has 0 bridgehead atoms. The maximum atomic E-state index is 12.0. The zero-order valence-corrected chi connectivity index (χ0v) is 14.5. The molecule has 2 N–H and O–H groups in total. The minimum Gasteiger partial charge on any atom is -0.352 e. The van der Waals surface area contributed by atoms with E-state index in [1.807, 2.05) is 19.2 Å². The number of hydrogen-bond acceptors (Lipinski definition) is 5. The van der Waals surface area contributed by atoms with Crippen molar-refractivity contribution in [3.8, 4) is 0 Å². The number of rotatable bonds is 6. The van der Waals surface area contributed by atoms with Gasteiger partial charge in [-0.25, -0.2) is 8.42 Å². The van der Waals surface area contributed by atoms with E-state index in [2.05, 4.69) is 20.1 Å². The average Bonchev–Trinajstić information content (AvgIpc) is 3.14. The van der Waals surface area contributed by atoms with Crippen LogP contribution in [0.15, 0.2) is 52.6 Å². The number of amides is 1. The zero-order valence-electron chi connectivity index (χ0n) is 13.7. The average molecular weight is 361 g/mol. The molecule has 1 amide bonds. The number of amidine groups is 1. The van der Waals surface area contributed by atoms with Gasteiger partial charge < -0.3 is 5.32 Å². The molecule has 1 aliphatic rings.